The van der Waals surface area contributed by atoms with Crippen molar-refractivity contribution in [1.82, 2.24) is 0 Å². The Morgan fingerprint density at radius 1 is 0.352 bits per heavy atom. The highest BCUT2D eigenvalue weighted by Crippen LogP contribution is 2.66. The summed E-state index contributed by atoms with van der Waals surface area (Å²) in [6, 6.07) is 49.2. The first-order valence-corrected chi connectivity index (χ1v) is 19.9. The first-order valence-electron chi connectivity index (χ1n) is 19.9. The van der Waals surface area contributed by atoms with E-state index >= 15 is 0 Å². The predicted molar refractivity (Wildman–Crippen MR) is 232 cm³/mol. The average molecular weight is 708 g/mol. The second-order valence-corrected chi connectivity index (χ2v) is 20.0. The van der Waals surface area contributed by atoms with Crippen LogP contribution in [0.25, 0.3) is 22.3 Å². The molecular formula is C53H57N. The minimum atomic E-state index is -0.506. The zero-order valence-electron chi connectivity index (χ0n) is 34.6. The summed E-state index contributed by atoms with van der Waals surface area (Å²) in [5, 5.41) is 0. The van der Waals surface area contributed by atoms with Crippen LogP contribution in [0.2, 0.25) is 0 Å². The Morgan fingerprint density at radius 3 is 1.09 bits per heavy atom. The van der Waals surface area contributed by atoms with E-state index in [1.165, 1.54) is 72.4 Å². The fraction of sp³-hybridized carbons (Fsp3) is 0.321. The Bertz CT molecular complexity index is 2300. The van der Waals surface area contributed by atoms with Crippen molar-refractivity contribution < 1.29 is 0 Å². The molecular weight excluding hydrogens is 651 g/mol. The predicted octanol–water partition coefficient (Wildman–Crippen LogP) is 14.7. The molecule has 1 spiro atoms. The lowest BCUT2D eigenvalue weighted by atomic mass is 9.67. The van der Waals surface area contributed by atoms with Crippen molar-refractivity contribution in [3.8, 4) is 22.3 Å². The summed E-state index contributed by atoms with van der Waals surface area (Å²) in [5.41, 5.74) is 19.3. The van der Waals surface area contributed by atoms with Crippen LogP contribution in [0.1, 0.15) is 128 Å². The van der Waals surface area contributed by atoms with E-state index in [2.05, 4.69) is 215 Å². The van der Waals surface area contributed by atoms with Crippen LogP contribution in [0.15, 0.2) is 127 Å². The van der Waals surface area contributed by atoms with E-state index in [4.69, 9.17) is 0 Å². The lowest BCUT2D eigenvalue weighted by Crippen LogP contribution is -2.29. The largest absolute Gasteiger partial charge is 0.310 e. The Morgan fingerprint density at radius 2 is 0.704 bits per heavy atom. The van der Waals surface area contributed by atoms with Gasteiger partial charge in [-0.2, -0.15) is 0 Å². The van der Waals surface area contributed by atoms with Crippen LogP contribution in [0.5, 0.6) is 0 Å². The zero-order chi connectivity index (χ0) is 38.6. The maximum atomic E-state index is 2.59. The maximum absolute atomic E-state index is 2.59. The first-order chi connectivity index (χ1) is 25.3. The zero-order valence-corrected chi connectivity index (χ0v) is 34.6. The second-order valence-electron chi connectivity index (χ2n) is 20.0. The van der Waals surface area contributed by atoms with Crippen LogP contribution < -0.4 is 4.90 Å². The second kappa shape index (κ2) is 12.1. The molecule has 1 heteroatoms. The molecule has 1 nitrogen and oxygen atoms in total. The van der Waals surface area contributed by atoms with Crippen molar-refractivity contribution in [2.45, 2.75) is 110 Å². The SMILES string of the molecule is CC(C)(C)c1ccc2c(c1)C1(c3cc(C(C)(C)C)ccc3-2)c2cc(C(C)(C)C)ccc2-c2c(N(c3ccccc3)c3ccccc3)cc(C(C)(C)C)cc21. The quantitative estimate of drug-likeness (QED) is 0.177. The number of fused-ring (bicyclic) bond motifs is 10. The van der Waals surface area contributed by atoms with Crippen molar-refractivity contribution in [1.29, 1.82) is 0 Å². The van der Waals surface area contributed by atoms with E-state index in [1.807, 2.05) is 0 Å². The molecule has 0 bridgehead atoms. The summed E-state index contributed by atoms with van der Waals surface area (Å²) < 4.78 is 0. The maximum Gasteiger partial charge on any atom is 0.0726 e. The lowest BCUT2D eigenvalue weighted by molar-refractivity contribution is 0.583. The van der Waals surface area contributed by atoms with E-state index in [0.29, 0.717) is 0 Å². The monoisotopic (exact) mass is 707 g/mol. The molecule has 0 saturated heterocycles. The highest BCUT2D eigenvalue weighted by molar-refractivity contribution is 6.01. The smallest absolute Gasteiger partial charge is 0.0726 e. The number of rotatable bonds is 3. The number of benzene rings is 6. The number of anilines is 3. The van der Waals surface area contributed by atoms with E-state index in [-0.39, 0.29) is 21.7 Å². The van der Waals surface area contributed by atoms with Gasteiger partial charge in [0.05, 0.1) is 11.1 Å². The molecule has 0 fully saturated rings. The van der Waals surface area contributed by atoms with Crippen molar-refractivity contribution in [3.05, 3.63) is 172 Å². The Hall–Kier alpha value is -4.88. The lowest BCUT2D eigenvalue weighted by Gasteiger charge is -2.35. The van der Waals surface area contributed by atoms with Gasteiger partial charge >= 0.3 is 0 Å². The van der Waals surface area contributed by atoms with Crippen LogP contribution in [0.3, 0.4) is 0 Å². The third kappa shape index (κ3) is 5.57. The van der Waals surface area contributed by atoms with E-state index in [1.54, 1.807) is 0 Å². The highest BCUT2D eigenvalue weighted by Gasteiger charge is 2.54. The third-order valence-corrected chi connectivity index (χ3v) is 12.1. The summed E-state index contributed by atoms with van der Waals surface area (Å²) >= 11 is 0. The van der Waals surface area contributed by atoms with Gasteiger partial charge in [-0.25, -0.2) is 0 Å². The fourth-order valence-corrected chi connectivity index (χ4v) is 8.92. The Kier molecular flexibility index (Phi) is 8.07. The molecule has 0 radical (unpaired) electrons. The normalized spacial score (nSPS) is 14.4. The molecule has 54 heavy (non-hydrogen) atoms. The molecule has 0 heterocycles. The molecule has 0 amide bonds. The number of nitrogens with zero attached hydrogens (tertiary/aromatic N) is 1. The molecule has 0 aliphatic heterocycles. The summed E-state index contributed by atoms with van der Waals surface area (Å²) in [7, 11) is 0. The molecule has 0 N–H and O–H groups in total. The third-order valence-electron chi connectivity index (χ3n) is 12.1. The van der Waals surface area contributed by atoms with Crippen molar-refractivity contribution in [2.75, 3.05) is 4.90 Å². The molecule has 0 saturated carbocycles. The van der Waals surface area contributed by atoms with Crippen molar-refractivity contribution >= 4 is 17.1 Å². The number of hydrogen-bond acceptors (Lipinski definition) is 1. The van der Waals surface area contributed by atoms with Gasteiger partial charge in [0.2, 0.25) is 0 Å². The van der Waals surface area contributed by atoms with Crippen LogP contribution in [-0.4, -0.2) is 0 Å². The molecule has 2 aliphatic carbocycles. The minimum Gasteiger partial charge on any atom is -0.310 e. The van der Waals surface area contributed by atoms with Crippen molar-refractivity contribution in [2.24, 2.45) is 0 Å². The Labute approximate surface area is 325 Å². The van der Waals surface area contributed by atoms with Gasteiger partial charge in [-0.05, 0) is 113 Å². The Balaban J connectivity index is 1.61. The number of para-hydroxylation sites is 2. The van der Waals surface area contributed by atoms with Gasteiger partial charge < -0.3 is 4.90 Å². The van der Waals surface area contributed by atoms with E-state index in [0.717, 1.165) is 11.4 Å². The van der Waals surface area contributed by atoms with Gasteiger partial charge in [-0.15, -0.1) is 0 Å². The van der Waals surface area contributed by atoms with Gasteiger partial charge in [-0.3, -0.25) is 0 Å². The van der Waals surface area contributed by atoms with E-state index < -0.39 is 5.41 Å². The molecule has 6 aromatic carbocycles. The minimum absolute atomic E-state index is 0.00504. The molecule has 0 unspecified atom stereocenters. The van der Waals surface area contributed by atoms with Gasteiger partial charge in [0.25, 0.3) is 0 Å². The van der Waals surface area contributed by atoms with E-state index in [9.17, 15) is 0 Å². The van der Waals surface area contributed by atoms with Crippen molar-refractivity contribution in [3.63, 3.8) is 0 Å². The fourth-order valence-electron chi connectivity index (χ4n) is 8.92. The summed E-state index contributed by atoms with van der Waals surface area (Å²) in [4.78, 5) is 2.50. The van der Waals surface area contributed by atoms with Crippen LogP contribution >= 0.6 is 0 Å². The molecule has 8 rings (SSSR count). The van der Waals surface area contributed by atoms with Crippen LogP contribution in [-0.2, 0) is 27.1 Å². The van der Waals surface area contributed by atoms with Gasteiger partial charge in [0, 0.05) is 16.9 Å². The number of hydrogen-bond donors (Lipinski definition) is 0. The summed E-state index contributed by atoms with van der Waals surface area (Å²) in [6.07, 6.45) is 0. The van der Waals surface area contributed by atoms with Crippen LogP contribution in [0.4, 0.5) is 17.1 Å². The summed E-state index contributed by atoms with van der Waals surface area (Å²) in [5.74, 6) is 0. The molecule has 0 aromatic heterocycles. The van der Waals surface area contributed by atoms with Gasteiger partial charge in [-0.1, -0.05) is 180 Å². The first kappa shape index (κ1) is 36.1. The molecule has 2 aliphatic rings. The highest BCUT2D eigenvalue weighted by atomic mass is 15.1. The summed E-state index contributed by atoms with van der Waals surface area (Å²) in [6.45, 7) is 28.3. The van der Waals surface area contributed by atoms with Gasteiger partial charge in [0.1, 0.15) is 0 Å². The molecule has 274 valence electrons. The molecule has 6 aromatic rings. The topological polar surface area (TPSA) is 3.24 Å². The van der Waals surface area contributed by atoms with Crippen LogP contribution in [0, 0.1) is 0 Å². The average Bonchev–Trinajstić information content (AvgIpc) is 3.57. The van der Waals surface area contributed by atoms with Gasteiger partial charge in [0.15, 0.2) is 0 Å². The molecule has 0 atom stereocenters. The standard InChI is InChI=1S/C53H57N/c1-49(2,3)34-23-26-40-41-27-24-35(50(4,5)6)30-44(41)53(43(40)29-34)45-31-36(51(7,8)9)25-28-42(45)48-46(53)32-37(52(10,11)12)33-47(48)54(38-19-15-13-16-20-38)39-21-17-14-18-22-39/h13-33H,1-12H3.